The predicted molar refractivity (Wildman–Crippen MR) is 109 cm³/mol. The van der Waals surface area contributed by atoms with Gasteiger partial charge in [-0.2, -0.15) is 5.10 Å². The first-order chi connectivity index (χ1) is 13.6. The van der Waals surface area contributed by atoms with Gasteiger partial charge in [-0.3, -0.25) is 4.79 Å². The van der Waals surface area contributed by atoms with Gasteiger partial charge in [-0.15, -0.1) is 0 Å². The molecule has 28 heavy (non-hydrogen) atoms. The van der Waals surface area contributed by atoms with Crippen LogP contribution in [0.25, 0.3) is 5.69 Å². The van der Waals surface area contributed by atoms with E-state index in [0.717, 1.165) is 33.6 Å². The lowest BCUT2D eigenvalue weighted by Crippen LogP contribution is -2.26. The molecule has 2 aromatic carbocycles. The molecule has 1 aromatic heterocycles. The molecule has 0 aliphatic carbocycles. The van der Waals surface area contributed by atoms with Crippen molar-refractivity contribution in [2.75, 3.05) is 13.2 Å². The summed E-state index contributed by atoms with van der Waals surface area (Å²) in [7, 11) is 0. The minimum Gasteiger partial charge on any atom is -0.490 e. The van der Waals surface area contributed by atoms with Crippen molar-refractivity contribution in [1.82, 2.24) is 15.1 Å². The Balaban J connectivity index is 1.46. The molecule has 4 rings (SSSR count). The Morgan fingerprint density at radius 2 is 1.89 bits per heavy atom. The maximum Gasteiger partial charge on any atom is 0.254 e. The average Bonchev–Trinajstić information content (AvgIpc) is 3.07. The lowest BCUT2D eigenvalue weighted by Gasteiger charge is -2.16. The van der Waals surface area contributed by atoms with Gasteiger partial charge in [0.2, 0.25) is 0 Å². The normalized spacial score (nSPS) is 14.2. The molecule has 0 radical (unpaired) electrons. The Labute approximate surface area is 171 Å². The van der Waals surface area contributed by atoms with Gasteiger partial charge in [0.25, 0.3) is 5.91 Å². The molecule has 0 spiro atoms. The molecule has 0 bridgehead atoms. The number of aromatic nitrogens is 2. The van der Waals surface area contributed by atoms with Crippen LogP contribution in [0.2, 0.25) is 0 Å². The fourth-order valence-corrected chi connectivity index (χ4v) is 3.25. The maximum absolute atomic E-state index is 12.6. The van der Waals surface area contributed by atoms with Crippen LogP contribution in [0.4, 0.5) is 0 Å². The molecule has 1 N–H and O–H groups in total. The molecule has 3 aromatic rings. The Kier molecular flexibility index (Phi) is 5.34. The largest absolute Gasteiger partial charge is 0.490 e. The lowest BCUT2D eigenvalue weighted by molar-refractivity contribution is 0.0940. The summed E-state index contributed by atoms with van der Waals surface area (Å²) < 4.78 is 14.1. The number of benzene rings is 2. The Bertz CT molecular complexity index is 985. The molecule has 1 atom stereocenters. The predicted octanol–water partition coefficient (Wildman–Crippen LogP) is 4.29. The minimum absolute atomic E-state index is 0.178. The monoisotopic (exact) mass is 441 g/mol. The zero-order chi connectivity index (χ0) is 19.5. The first-order valence-electron chi connectivity index (χ1n) is 9.11. The molecule has 0 saturated carbocycles. The van der Waals surface area contributed by atoms with Gasteiger partial charge in [-0.05, 0) is 48.9 Å². The average molecular weight is 442 g/mol. The van der Waals surface area contributed by atoms with Crippen LogP contribution < -0.4 is 14.8 Å². The summed E-state index contributed by atoms with van der Waals surface area (Å²) in [5.41, 5.74) is 2.35. The summed E-state index contributed by atoms with van der Waals surface area (Å²) in [6.45, 7) is 3.23. The standard InChI is InChI=1S/C21H20BrN3O3/c1-14(15-3-8-19-20(11-15)28-10-2-9-27-19)24-21(26)16-12-23-25(13-16)18-6-4-17(22)5-7-18/h3-8,11-14H,2,9-10H2,1H3,(H,24,26). The van der Waals surface area contributed by atoms with E-state index in [0.29, 0.717) is 18.8 Å². The van der Waals surface area contributed by atoms with E-state index in [1.165, 1.54) is 0 Å². The maximum atomic E-state index is 12.6. The van der Waals surface area contributed by atoms with Crippen molar-refractivity contribution in [3.8, 4) is 17.2 Å². The number of nitrogens with zero attached hydrogens (tertiary/aromatic N) is 2. The number of hydrogen-bond donors (Lipinski definition) is 1. The van der Waals surface area contributed by atoms with E-state index in [1.807, 2.05) is 49.4 Å². The number of amides is 1. The van der Waals surface area contributed by atoms with Crippen LogP contribution in [0.1, 0.15) is 35.3 Å². The smallest absolute Gasteiger partial charge is 0.254 e. The minimum atomic E-state index is -0.180. The van der Waals surface area contributed by atoms with Crippen LogP contribution in [0.3, 0.4) is 0 Å². The zero-order valence-corrected chi connectivity index (χ0v) is 17.0. The molecule has 7 heteroatoms. The molecule has 0 saturated heterocycles. The SMILES string of the molecule is CC(NC(=O)c1cnn(-c2ccc(Br)cc2)c1)c1ccc2c(c1)OCCCO2. The molecule has 1 aliphatic rings. The summed E-state index contributed by atoms with van der Waals surface area (Å²) >= 11 is 3.41. The van der Waals surface area contributed by atoms with Crippen molar-refractivity contribution in [3.63, 3.8) is 0 Å². The number of rotatable bonds is 4. The van der Waals surface area contributed by atoms with Crippen molar-refractivity contribution in [3.05, 3.63) is 70.5 Å². The van der Waals surface area contributed by atoms with Gasteiger partial charge >= 0.3 is 0 Å². The van der Waals surface area contributed by atoms with E-state index in [-0.39, 0.29) is 11.9 Å². The van der Waals surface area contributed by atoms with Crippen LogP contribution >= 0.6 is 15.9 Å². The second-order valence-electron chi connectivity index (χ2n) is 6.60. The van der Waals surface area contributed by atoms with Gasteiger partial charge in [0.15, 0.2) is 11.5 Å². The number of halogens is 1. The number of carbonyl (C=O) groups excluding carboxylic acids is 1. The topological polar surface area (TPSA) is 65.4 Å². The van der Waals surface area contributed by atoms with Crippen LogP contribution in [-0.4, -0.2) is 28.9 Å². The summed E-state index contributed by atoms with van der Waals surface area (Å²) in [5.74, 6) is 1.29. The van der Waals surface area contributed by atoms with Gasteiger partial charge in [-0.25, -0.2) is 4.68 Å². The van der Waals surface area contributed by atoms with Gasteiger partial charge in [-0.1, -0.05) is 22.0 Å². The molecule has 2 heterocycles. The highest BCUT2D eigenvalue weighted by atomic mass is 79.9. The first-order valence-corrected chi connectivity index (χ1v) is 9.90. The van der Waals surface area contributed by atoms with Gasteiger partial charge < -0.3 is 14.8 Å². The van der Waals surface area contributed by atoms with Crippen LogP contribution in [0.15, 0.2) is 59.3 Å². The van der Waals surface area contributed by atoms with E-state index in [1.54, 1.807) is 17.1 Å². The van der Waals surface area contributed by atoms with Crippen molar-refractivity contribution in [2.45, 2.75) is 19.4 Å². The quantitative estimate of drug-likeness (QED) is 0.655. The van der Waals surface area contributed by atoms with Crippen molar-refractivity contribution < 1.29 is 14.3 Å². The molecule has 144 valence electrons. The Hall–Kier alpha value is -2.80. The van der Waals surface area contributed by atoms with Crippen LogP contribution in [-0.2, 0) is 0 Å². The molecule has 1 amide bonds. The van der Waals surface area contributed by atoms with E-state index in [9.17, 15) is 4.79 Å². The number of carbonyl (C=O) groups is 1. The lowest BCUT2D eigenvalue weighted by atomic mass is 10.1. The van der Waals surface area contributed by atoms with Crippen molar-refractivity contribution >= 4 is 21.8 Å². The van der Waals surface area contributed by atoms with Gasteiger partial charge in [0, 0.05) is 17.1 Å². The molecular formula is C21H20BrN3O3. The first kappa shape index (κ1) is 18.6. The van der Waals surface area contributed by atoms with Gasteiger partial charge in [0.05, 0.1) is 36.7 Å². The fourth-order valence-electron chi connectivity index (χ4n) is 2.99. The highest BCUT2D eigenvalue weighted by Gasteiger charge is 2.17. The highest BCUT2D eigenvalue weighted by Crippen LogP contribution is 2.32. The summed E-state index contributed by atoms with van der Waals surface area (Å²) in [5, 5.41) is 7.30. The van der Waals surface area contributed by atoms with Crippen molar-refractivity contribution in [2.24, 2.45) is 0 Å². The summed E-state index contributed by atoms with van der Waals surface area (Å²) in [6, 6.07) is 13.3. The number of fused-ring (bicyclic) bond motifs is 1. The number of ether oxygens (including phenoxy) is 2. The molecule has 1 aliphatic heterocycles. The van der Waals surface area contributed by atoms with Crippen molar-refractivity contribution in [1.29, 1.82) is 0 Å². The third-order valence-corrected chi connectivity index (χ3v) is 5.08. The van der Waals surface area contributed by atoms with Crippen LogP contribution in [0.5, 0.6) is 11.5 Å². The molecule has 0 fully saturated rings. The second kappa shape index (κ2) is 8.06. The number of nitrogens with one attached hydrogen (secondary N) is 1. The van der Waals surface area contributed by atoms with E-state index in [2.05, 4.69) is 26.3 Å². The molecule has 6 nitrogen and oxygen atoms in total. The summed E-state index contributed by atoms with van der Waals surface area (Å²) in [6.07, 6.45) is 4.15. The van der Waals surface area contributed by atoms with Gasteiger partial charge in [0.1, 0.15) is 0 Å². The molecular weight excluding hydrogens is 422 g/mol. The Morgan fingerprint density at radius 1 is 1.14 bits per heavy atom. The van der Waals surface area contributed by atoms with E-state index < -0.39 is 0 Å². The fraction of sp³-hybridized carbons (Fsp3) is 0.238. The third-order valence-electron chi connectivity index (χ3n) is 4.56. The highest BCUT2D eigenvalue weighted by molar-refractivity contribution is 9.10. The molecule has 1 unspecified atom stereocenters. The number of hydrogen-bond acceptors (Lipinski definition) is 4. The van der Waals surface area contributed by atoms with Crippen LogP contribution in [0, 0.1) is 0 Å². The zero-order valence-electron chi connectivity index (χ0n) is 15.4. The second-order valence-corrected chi connectivity index (χ2v) is 7.52. The summed E-state index contributed by atoms with van der Waals surface area (Å²) in [4.78, 5) is 12.6. The third kappa shape index (κ3) is 4.04. The Morgan fingerprint density at radius 3 is 2.68 bits per heavy atom. The van der Waals surface area contributed by atoms with E-state index >= 15 is 0 Å². The van der Waals surface area contributed by atoms with E-state index in [4.69, 9.17) is 9.47 Å².